The molecule has 1 aromatic rings. The molecule has 1 amide bonds. The molecular formula is C19H28BrNO5. The number of benzene rings is 1. The summed E-state index contributed by atoms with van der Waals surface area (Å²) in [5.74, 6) is 0.716. The molecule has 0 spiro atoms. The van der Waals surface area contributed by atoms with Crippen LogP contribution in [0.5, 0.6) is 11.5 Å². The standard InChI is InChI=1S/C19H28BrNO5/c1-12(2)18(23)26-19(3,4)11-17(22)21-8-7-13-9-16(25-6)14(20)10-15(13)24-5/h9-10,12H,7-8,11H2,1-6H3,(H,21,22). The zero-order valence-electron chi connectivity index (χ0n) is 16.3. The van der Waals surface area contributed by atoms with Crippen LogP contribution in [0, 0.1) is 5.92 Å². The van der Waals surface area contributed by atoms with Crippen molar-refractivity contribution < 1.29 is 23.8 Å². The van der Waals surface area contributed by atoms with Crippen LogP contribution < -0.4 is 14.8 Å². The molecule has 0 bridgehead atoms. The van der Waals surface area contributed by atoms with Crippen LogP contribution in [0.1, 0.15) is 39.7 Å². The summed E-state index contributed by atoms with van der Waals surface area (Å²) in [4.78, 5) is 23.9. The Morgan fingerprint density at radius 1 is 1.15 bits per heavy atom. The van der Waals surface area contributed by atoms with Crippen molar-refractivity contribution in [1.82, 2.24) is 5.32 Å². The van der Waals surface area contributed by atoms with E-state index < -0.39 is 5.60 Å². The van der Waals surface area contributed by atoms with Crippen molar-refractivity contribution >= 4 is 27.8 Å². The molecule has 26 heavy (non-hydrogen) atoms. The average molecular weight is 430 g/mol. The van der Waals surface area contributed by atoms with Gasteiger partial charge < -0.3 is 19.5 Å². The highest BCUT2D eigenvalue weighted by atomic mass is 79.9. The lowest BCUT2D eigenvalue weighted by molar-refractivity contribution is -0.161. The summed E-state index contributed by atoms with van der Waals surface area (Å²) in [7, 11) is 3.20. The summed E-state index contributed by atoms with van der Waals surface area (Å²) in [5, 5.41) is 2.85. The molecule has 1 N–H and O–H groups in total. The minimum Gasteiger partial charge on any atom is -0.496 e. The van der Waals surface area contributed by atoms with Gasteiger partial charge >= 0.3 is 5.97 Å². The summed E-state index contributed by atoms with van der Waals surface area (Å²) < 4.78 is 16.8. The van der Waals surface area contributed by atoms with Gasteiger partial charge in [0.25, 0.3) is 0 Å². The summed E-state index contributed by atoms with van der Waals surface area (Å²) in [6.45, 7) is 7.43. The highest BCUT2D eigenvalue weighted by molar-refractivity contribution is 9.10. The molecule has 0 unspecified atom stereocenters. The second-order valence-electron chi connectivity index (χ2n) is 6.91. The van der Waals surface area contributed by atoms with Crippen molar-refractivity contribution in [3.05, 3.63) is 22.2 Å². The van der Waals surface area contributed by atoms with Crippen LogP contribution in [-0.2, 0) is 20.7 Å². The van der Waals surface area contributed by atoms with Gasteiger partial charge in [-0.3, -0.25) is 9.59 Å². The number of hydrogen-bond acceptors (Lipinski definition) is 5. The Kier molecular flexibility index (Phi) is 8.40. The van der Waals surface area contributed by atoms with Crippen LogP contribution in [0.2, 0.25) is 0 Å². The molecule has 0 heterocycles. The predicted molar refractivity (Wildman–Crippen MR) is 104 cm³/mol. The first-order valence-corrected chi connectivity index (χ1v) is 9.29. The van der Waals surface area contributed by atoms with Crippen molar-refractivity contribution in [1.29, 1.82) is 0 Å². The molecule has 7 heteroatoms. The van der Waals surface area contributed by atoms with Gasteiger partial charge in [-0.2, -0.15) is 0 Å². The monoisotopic (exact) mass is 429 g/mol. The smallest absolute Gasteiger partial charge is 0.308 e. The number of methoxy groups -OCH3 is 2. The van der Waals surface area contributed by atoms with Crippen molar-refractivity contribution in [3.8, 4) is 11.5 Å². The third-order valence-electron chi connectivity index (χ3n) is 3.71. The first kappa shape index (κ1) is 22.3. The molecule has 1 aromatic carbocycles. The molecule has 0 aliphatic rings. The van der Waals surface area contributed by atoms with Crippen LogP contribution >= 0.6 is 15.9 Å². The van der Waals surface area contributed by atoms with Crippen molar-refractivity contribution in [3.63, 3.8) is 0 Å². The minimum absolute atomic E-state index is 0.103. The number of hydrogen-bond donors (Lipinski definition) is 1. The molecule has 1 rings (SSSR count). The van der Waals surface area contributed by atoms with Crippen molar-refractivity contribution in [2.24, 2.45) is 5.92 Å². The Hall–Kier alpha value is -1.76. The van der Waals surface area contributed by atoms with Crippen molar-refractivity contribution in [2.75, 3.05) is 20.8 Å². The molecule has 0 saturated heterocycles. The fourth-order valence-electron chi connectivity index (χ4n) is 2.33. The number of halogens is 1. The maximum atomic E-state index is 12.2. The second kappa shape index (κ2) is 9.80. The molecule has 0 saturated carbocycles. The fourth-order valence-corrected chi connectivity index (χ4v) is 2.82. The maximum Gasteiger partial charge on any atom is 0.308 e. The Morgan fingerprint density at radius 2 is 1.77 bits per heavy atom. The lowest BCUT2D eigenvalue weighted by Crippen LogP contribution is -2.37. The van der Waals surface area contributed by atoms with E-state index in [1.807, 2.05) is 12.1 Å². The molecule has 0 aromatic heterocycles. The largest absolute Gasteiger partial charge is 0.496 e. The molecule has 0 radical (unpaired) electrons. The molecule has 6 nitrogen and oxygen atoms in total. The molecule has 0 aliphatic carbocycles. The van der Waals surface area contributed by atoms with Gasteiger partial charge in [0.1, 0.15) is 17.1 Å². The Labute approximate surface area is 163 Å². The van der Waals surface area contributed by atoms with Gasteiger partial charge in [0.15, 0.2) is 0 Å². The molecule has 0 aliphatic heterocycles. The van der Waals surface area contributed by atoms with E-state index in [4.69, 9.17) is 14.2 Å². The van der Waals surface area contributed by atoms with E-state index in [2.05, 4.69) is 21.2 Å². The summed E-state index contributed by atoms with van der Waals surface area (Å²) in [5.41, 5.74) is 0.0857. The van der Waals surface area contributed by atoms with Gasteiger partial charge in [-0.15, -0.1) is 0 Å². The van der Waals surface area contributed by atoms with Gasteiger partial charge in [0, 0.05) is 6.54 Å². The van der Waals surface area contributed by atoms with Gasteiger partial charge in [-0.25, -0.2) is 0 Å². The highest BCUT2D eigenvalue weighted by Gasteiger charge is 2.27. The lowest BCUT2D eigenvalue weighted by Gasteiger charge is -2.25. The maximum absolute atomic E-state index is 12.2. The van der Waals surface area contributed by atoms with Gasteiger partial charge in [0.2, 0.25) is 5.91 Å². The molecule has 0 fully saturated rings. The molecular weight excluding hydrogens is 402 g/mol. The number of esters is 1. The first-order chi connectivity index (χ1) is 12.1. The number of carbonyl (C=O) groups excluding carboxylic acids is 2. The van der Waals surface area contributed by atoms with Gasteiger partial charge in [-0.05, 0) is 53.9 Å². The van der Waals surface area contributed by atoms with Crippen LogP contribution in [0.3, 0.4) is 0 Å². The Morgan fingerprint density at radius 3 is 2.31 bits per heavy atom. The fraction of sp³-hybridized carbons (Fsp3) is 0.579. The van der Waals surface area contributed by atoms with E-state index in [0.717, 1.165) is 15.8 Å². The van der Waals surface area contributed by atoms with E-state index in [-0.39, 0.29) is 24.2 Å². The number of nitrogens with one attached hydrogen (secondary N) is 1. The van der Waals surface area contributed by atoms with E-state index in [1.54, 1.807) is 41.9 Å². The summed E-state index contributed by atoms with van der Waals surface area (Å²) >= 11 is 3.42. The van der Waals surface area contributed by atoms with Crippen LogP contribution in [0.4, 0.5) is 0 Å². The predicted octanol–water partition coefficient (Wildman–Crippen LogP) is 3.49. The quantitative estimate of drug-likeness (QED) is 0.608. The van der Waals surface area contributed by atoms with E-state index in [1.165, 1.54) is 0 Å². The number of ether oxygens (including phenoxy) is 3. The average Bonchev–Trinajstić information content (AvgIpc) is 2.54. The highest BCUT2D eigenvalue weighted by Crippen LogP contribution is 2.32. The normalized spacial score (nSPS) is 11.2. The van der Waals surface area contributed by atoms with E-state index >= 15 is 0 Å². The lowest BCUT2D eigenvalue weighted by atomic mass is 10.0. The number of carbonyl (C=O) groups is 2. The third kappa shape index (κ3) is 6.86. The van der Waals surface area contributed by atoms with Gasteiger partial charge in [-0.1, -0.05) is 13.8 Å². The molecule has 146 valence electrons. The molecule has 0 atom stereocenters. The number of amides is 1. The van der Waals surface area contributed by atoms with Crippen LogP contribution in [-0.4, -0.2) is 38.2 Å². The minimum atomic E-state index is -0.843. The van der Waals surface area contributed by atoms with E-state index in [0.29, 0.717) is 18.7 Å². The SMILES string of the molecule is COc1cc(CCNC(=O)CC(C)(C)OC(=O)C(C)C)c(OC)cc1Br. The van der Waals surface area contributed by atoms with Crippen LogP contribution in [0.15, 0.2) is 16.6 Å². The first-order valence-electron chi connectivity index (χ1n) is 8.49. The second-order valence-corrected chi connectivity index (χ2v) is 7.77. The van der Waals surface area contributed by atoms with Crippen LogP contribution in [0.25, 0.3) is 0 Å². The van der Waals surface area contributed by atoms with Gasteiger partial charge in [0.05, 0.1) is 31.0 Å². The summed E-state index contributed by atoms with van der Waals surface area (Å²) in [6.07, 6.45) is 0.691. The van der Waals surface area contributed by atoms with Crippen molar-refractivity contribution in [2.45, 2.75) is 46.1 Å². The Bertz CT molecular complexity index is 643. The third-order valence-corrected chi connectivity index (χ3v) is 4.33. The number of rotatable bonds is 9. The topological polar surface area (TPSA) is 73.9 Å². The zero-order chi connectivity index (χ0) is 19.9. The van der Waals surface area contributed by atoms with E-state index in [9.17, 15) is 9.59 Å². The summed E-state index contributed by atoms with van der Waals surface area (Å²) in [6, 6.07) is 3.72. The Balaban J connectivity index is 2.60. The zero-order valence-corrected chi connectivity index (χ0v) is 17.9.